The molecule has 37 heavy (non-hydrogen) atoms. The van der Waals surface area contributed by atoms with Gasteiger partial charge in [-0.25, -0.2) is 24.7 Å². The number of aryl methyl sites for hydroxylation is 1. The molecular weight excluding hydrogens is 490 g/mol. The molecular formula is C26H21N7O3S. The highest BCUT2D eigenvalue weighted by Gasteiger charge is 2.35. The summed E-state index contributed by atoms with van der Waals surface area (Å²) in [5, 5.41) is 12.2. The van der Waals surface area contributed by atoms with Gasteiger partial charge in [0.25, 0.3) is 0 Å². The molecule has 184 valence electrons. The predicted molar refractivity (Wildman–Crippen MR) is 141 cm³/mol. The summed E-state index contributed by atoms with van der Waals surface area (Å²) in [5.41, 5.74) is 0.179. The second kappa shape index (κ2) is 9.10. The lowest BCUT2D eigenvalue weighted by atomic mass is 10.0. The monoisotopic (exact) mass is 511 g/mol. The van der Waals surface area contributed by atoms with Gasteiger partial charge in [-0.05, 0) is 42.8 Å². The molecule has 0 radical (unpaired) electrons. The highest BCUT2D eigenvalue weighted by atomic mass is 32.1. The Balaban J connectivity index is 1.39. The molecule has 0 spiro atoms. The lowest BCUT2D eigenvalue weighted by Crippen LogP contribution is -2.59. The fourth-order valence-electron chi connectivity index (χ4n) is 4.56. The third kappa shape index (κ3) is 3.99. The van der Waals surface area contributed by atoms with Crippen molar-refractivity contribution in [2.45, 2.75) is 13.0 Å². The van der Waals surface area contributed by atoms with E-state index >= 15 is 0 Å². The Hall–Kier alpha value is -4.64. The standard InChI is InChI=1S/C26H21N7O3S/c1-16-12-21(30-24-22(16)23(34)18(25(35)36)15-32(24)26-29-10-11-37-26)31-13-17(14-31)33(19-6-2-4-8-27-19)20-7-3-5-9-28-20/h2-12,15,17H,13-14H2,1H3,(H,35,36). The number of nitrogens with zero attached hydrogens (tertiary/aromatic N) is 7. The van der Waals surface area contributed by atoms with Crippen LogP contribution in [0.4, 0.5) is 17.5 Å². The van der Waals surface area contributed by atoms with E-state index in [-0.39, 0.29) is 17.0 Å². The number of pyridine rings is 4. The van der Waals surface area contributed by atoms with E-state index in [0.717, 1.165) is 11.6 Å². The Bertz CT molecular complexity index is 1610. The van der Waals surface area contributed by atoms with Crippen LogP contribution in [0.3, 0.4) is 0 Å². The number of fused-ring (bicyclic) bond motifs is 1. The summed E-state index contributed by atoms with van der Waals surface area (Å²) in [4.78, 5) is 47.3. The van der Waals surface area contributed by atoms with E-state index in [9.17, 15) is 14.7 Å². The van der Waals surface area contributed by atoms with E-state index < -0.39 is 11.4 Å². The summed E-state index contributed by atoms with van der Waals surface area (Å²) < 4.78 is 1.59. The normalized spacial score (nSPS) is 13.5. The van der Waals surface area contributed by atoms with E-state index in [0.29, 0.717) is 35.2 Å². The molecule has 11 heteroatoms. The highest BCUT2D eigenvalue weighted by Crippen LogP contribution is 2.32. The summed E-state index contributed by atoms with van der Waals surface area (Å²) in [6, 6.07) is 13.5. The molecule has 0 unspecified atom stereocenters. The van der Waals surface area contributed by atoms with Crippen molar-refractivity contribution in [1.82, 2.24) is 24.5 Å². The fourth-order valence-corrected chi connectivity index (χ4v) is 5.18. The molecule has 0 saturated carbocycles. The van der Waals surface area contributed by atoms with Crippen molar-refractivity contribution in [3.05, 3.63) is 94.0 Å². The van der Waals surface area contributed by atoms with Crippen LogP contribution in [-0.2, 0) is 0 Å². The molecule has 1 N–H and O–H groups in total. The van der Waals surface area contributed by atoms with Gasteiger partial charge >= 0.3 is 5.97 Å². The third-order valence-corrected chi connectivity index (χ3v) is 7.11. The number of rotatable bonds is 6. The van der Waals surface area contributed by atoms with Crippen LogP contribution >= 0.6 is 11.3 Å². The molecule has 0 bridgehead atoms. The van der Waals surface area contributed by atoms with Gasteiger partial charge in [-0.15, -0.1) is 11.3 Å². The van der Waals surface area contributed by atoms with Crippen molar-refractivity contribution in [1.29, 1.82) is 0 Å². The van der Waals surface area contributed by atoms with E-state index in [4.69, 9.17) is 4.98 Å². The number of thiazole rings is 1. The van der Waals surface area contributed by atoms with Crippen LogP contribution in [0.5, 0.6) is 0 Å². The zero-order chi connectivity index (χ0) is 25.5. The summed E-state index contributed by atoms with van der Waals surface area (Å²) >= 11 is 1.34. The third-order valence-electron chi connectivity index (χ3n) is 6.34. The first-order valence-electron chi connectivity index (χ1n) is 11.6. The first-order valence-corrected chi connectivity index (χ1v) is 12.5. The Morgan fingerprint density at radius 2 is 1.76 bits per heavy atom. The molecule has 0 atom stereocenters. The van der Waals surface area contributed by atoms with Gasteiger partial charge in [0.1, 0.15) is 23.0 Å². The molecule has 5 aromatic heterocycles. The quantitative estimate of drug-likeness (QED) is 0.364. The van der Waals surface area contributed by atoms with Crippen molar-refractivity contribution < 1.29 is 9.90 Å². The summed E-state index contributed by atoms with van der Waals surface area (Å²) in [6.07, 6.45) is 6.47. The molecule has 6 heterocycles. The summed E-state index contributed by atoms with van der Waals surface area (Å²) in [5.74, 6) is 1.05. The molecule has 5 aromatic rings. The van der Waals surface area contributed by atoms with E-state index in [1.165, 1.54) is 17.5 Å². The van der Waals surface area contributed by atoms with E-state index in [1.807, 2.05) is 42.5 Å². The van der Waals surface area contributed by atoms with Gasteiger partial charge in [-0.3, -0.25) is 9.36 Å². The lowest BCUT2D eigenvalue weighted by Gasteiger charge is -2.46. The second-order valence-electron chi connectivity index (χ2n) is 8.66. The van der Waals surface area contributed by atoms with Gasteiger partial charge in [-0.1, -0.05) is 12.1 Å². The molecule has 1 fully saturated rings. The lowest BCUT2D eigenvalue weighted by molar-refractivity contribution is 0.0695. The van der Waals surface area contributed by atoms with Crippen LogP contribution in [0.25, 0.3) is 16.2 Å². The topological polar surface area (TPSA) is 117 Å². The molecule has 1 aliphatic rings. The predicted octanol–water partition coefficient (Wildman–Crippen LogP) is 3.67. The smallest absolute Gasteiger partial charge is 0.341 e. The molecule has 0 aromatic carbocycles. The zero-order valence-electron chi connectivity index (χ0n) is 19.7. The maximum atomic E-state index is 13.0. The second-order valence-corrected chi connectivity index (χ2v) is 9.54. The Morgan fingerprint density at radius 1 is 1.05 bits per heavy atom. The van der Waals surface area contributed by atoms with Gasteiger partial charge in [0, 0.05) is 43.3 Å². The molecule has 10 nitrogen and oxygen atoms in total. The van der Waals surface area contributed by atoms with Crippen LogP contribution in [0.15, 0.2) is 77.4 Å². The number of aromatic carboxylic acids is 1. The van der Waals surface area contributed by atoms with Gasteiger partial charge in [0.15, 0.2) is 10.8 Å². The van der Waals surface area contributed by atoms with E-state index in [2.05, 4.69) is 24.8 Å². The maximum absolute atomic E-state index is 13.0. The summed E-state index contributed by atoms with van der Waals surface area (Å²) in [6.45, 7) is 3.14. The highest BCUT2D eigenvalue weighted by molar-refractivity contribution is 7.12. The minimum atomic E-state index is -1.28. The van der Waals surface area contributed by atoms with Crippen LogP contribution < -0.4 is 15.2 Å². The van der Waals surface area contributed by atoms with Crippen molar-refractivity contribution in [3.63, 3.8) is 0 Å². The molecule has 6 rings (SSSR count). The van der Waals surface area contributed by atoms with Crippen molar-refractivity contribution in [2.24, 2.45) is 0 Å². The number of carboxylic acids is 1. The van der Waals surface area contributed by atoms with Crippen LogP contribution in [0.1, 0.15) is 15.9 Å². The average Bonchev–Trinajstić information content (AvgIpc) is 3.41. The molecule has 0 aliphatic carbocycles. The SMILES string of the molecule is Cc1cc(N2CC(N(c3ccccn3)c3ccccn3)C2)nc2c1c(=O)c(C(=O)O)cn2-c1nccs1. The number of anilines is 3. The van der Waals surface area contributed by atoms with Crippen molar-refractivity contribution >= 4 is 45.8 Å². The average molecular weight is 512 g/mol. The van der Waals surface area contributed by atoms with Gasteiger partial charge in [0.2, 0.25) is 5.43 Å². The van der Waals surface area contributed by atoms with Crippen molar-refractivity contribution in [2.75, 3.05) is 22.9 Å². The minimum absolute atomic E-state index is 0.109. The van der Waals surface area contributed by atoms with Gasteiger partial charge in [-0.2, -0.15) is 0 Å². The molecule has 1 aliphatic heterocycles. The molecule has 1 saturated heterocycles. The minimum Gasteiger partial charge on any atom is -0.477 e. The number of carboxylic acid groups (broad SMARTS) is 1. The maximum Gasteiger partial charge on any atom is 0.341 e. The number of aromatic nitrogens is 5. The largest absolute Gasteiger partial charge is 0.477 e. The summed E-state index contributed by atoms with van der Waals surface area (Å²) in [7, 11) is 0. The fraction of sp³-hybridized carbons (Fsp3) is 0.154. The number of carbonyl (C=O) groups is 1. The molecule has 0 amide bonds. The van der Waals surface area contributed by atoms with Crippen molar-refractivity contribution in [3.8, 4) is 5.13 Å². The van der Waals surface area contributed by atoms with E-state index in [1.54, 1.807) is 35.5 Å². The van der Waals surface area contributed by atoms with Gasteiger partial charge < -0.3 is 14.9 Å². The van der Waals surface area contributed by atoms with Crippen LogP contribution in [0.2, 0.25) is 0 Å². The zero-order valence-corrected chi connectivity index (χ0v) is 20.5. The van der Waals surface area contributed by atoms with Crippen LogP contribution in [-0.4, -0.2) is 54.7 Å². The van der Waals surface area contributed by atoms with Crippen LogP contribution in [0, 0.1) is 6.92 Å². The Kier molecular flexibility index (Phi) is 5.61. The number of hydrogen-bond donors (Lipinski definition) is 1. The first kappa shape index (κ1) is 22.8. The Morgan fingerprint density at radius 3 is 2.32 bits per heavy atom. The van der Waals surface area contributed by atoms with Gasteiger partial charge in [0.05, 0.1) is 11.4 Å². The number of hydrogen-bond acceptors (Lipinski definition) is 9. The Labute approximate surface area is 215 Å². The first-order chi connectivity index (χ1) is 18.0.